The Bertz CT molecular complexity index is 910. The van der Waals surface area contributed by atoms with Crippen molar-refractivity contribution in [3.05, 3.63) is 58.9 Å². The van der Waals surface area contributed by atoms with Gasteiger partial charge in [-0.3, -0.25) is 9.59 Å². The van der Waals surface area contributed by atoms with Crippen molar-refractivity contribution in [3.63, 3.8) is 0 Å². The van der Waals surface area contributed by atoms with Gasteiger partial charge in [-0.2, -0.15) is 0 Å². The maximum Gasteiger partial charge on any atom is 0.254 e. The Morgan fingerprint density at radius 2 is 1.86 bits per heavy atom. The summed E-state index contributed by atoms with van der Waals surface area (Å²) >= 11 is 0. The Morgan fingerprint density at radius 1 is 1.14 bits per heavy atom. The van der Waals surface area contributed by atoms with E-state index in [1.807, 2.05) is 12.1 Å². The first-order chi connectivity index (χ1) is 14.1. The fourth-order valence-electron chi connectivity index (χ4n) is 3.93. The average Bonchev–Trinajstić information content (AvgIpc) is 3.30. The van der Waals surface area contributed by atoms with Crippen LogP contribution < -0.4 is 4.90 Å². The van der Waals surface area contributed by atoms with Crippen LogP contribution in [0.25, 0.3) is 0 Å². The van der Waals surface area contributed by atoms with Gasteiger partial charge in [0, 0.05) is 30.9 Å². The first-order valence-corrected chi connectivity index (χ1v) is 9.80. The summed E-state index contributed by atoms with van der Waals surface area (Å²) < 4.78 is 19.7. The van der Waals surface area contributed by atoms with Gasteiger partial charge in [0.15, 0.2) is 17.9 Å². The highest BCUT2D eigenvalue weighted by Gasteiger charge is 2.27. The summed E-state index contributed by atoms with van der Waals surface area (Å²) in [6.07, 6.45) is 2.50. The number of hydrogen-bond acceptors (Lipinski definition) is 5. The molecule has 0 saturated carbocycles. The Labute approximate surface area is 168 Å². The Morgan fingerprint density at radius 3 is 2.55 bits per heavy atom. The molecule has 1 amide bonds. The molecule has 1 atom stereocenters. The quantitative estimate of drug-likeness (QED) is 0.802. The number of amides is 1. The molecule has 2 aromatic rings. The van der Waals surface area contributed by atoms with Crippen LogP contribution in [0.4, 0.5) is 10.1 Å². The maximum absolute atomic E-state index is 13.9. The Balaban J connectivity index is 1.48. The van der Waals surface area contributed by atoms with Gasteiger partial charge in [0.2, 0.25) is 0 Å². The standard InChI is InChI=1S/C22H23FN2O4/c23-19-12-16(11-17(14-26)21(19)27)22(28)25-9-10-29-20(13-25)15-3-5-18(6-4-15)24-7-1-2-8-24/h3-6,11-12,14,20,27H,1-2,7-10,13H2/t20-/m1/s1. The van der Waals surface area contributed by atoms with Crippen molar-refractivity contribution < 1.29 is 23.8 Å². The van der Waals surface area contributed by atoms with E-state index in [2.05, 4.69) is 17.0 Å². The van der Waals surface area contributed by atoms with Crippen LogP contribution in [-0.2, 0) is 4.74 Å². The van der Waals surface area contributed by atoms with Crippen LogP contribution in [0.2, 0.25) is 0 Å². The second kappa shape index (κ2) is 8.21. The molecule has 2 aromatic carbocycles. The number of phenolic OH excluding ortho intramolecular Hbond substituents is 1. The van der Waals surface area contributed by atoms with Crippen LogP contribution in [0.15, 0.2) is 36.4 Å². The van der Waals surface area contributed by atoms with Crippen molar-refractivity contribution in [3.8, 4) is 5.75 Å². The number of anilines is 1. The molecule has 2 fully saturated rings. The summed E-state index contributed by atoms with van der Waals surface area (Å²) in [5, 5.41) is 9.55. The van der Waals surface area contributed by atoms with Gasteiger partial charge in [-0.25, -0.2) is 4.39 Å². The molecule has 1 N–H and O–H groups in total. The van der Waals surface area contributed by atoms with Crippen LogP contribution in [0.3, 0.4) is 0 Å². The van der Waals surface area contributed by atoms with Gasteiger partial charge in [-0.1, -0.05) is 12.1 Å². The van der Waals surface area contributed by atoms with E-state index in [9.17, 15) is 19.1 Å². The number of halogens is 1. The van der Waals surface area contributed by atoms with Crippen molar-refractivity contribution in [1.82, 2.24) is 4.90 Å². The second-order valence-electron chi connectivity index (χ2n) is 7.41. The van der Waals surface area contributed by atoms with Gasteiger partial charge in [-0.05, 0) is 42.7 Å². The molecule has 2 saturated heterocycles. The smallest absolute Gasteiger partial charge is 0.254 e. The molecule has 0 radical (unpaired) electrons. The van der Waals surface area contributed by atoms with Gasteiger partial charge in [0.1, 0.15) is 6.10 Å². The lowest BCUT2D eigenvalue weighted by atomic mass is 10.0. The number of ether oxygens (including phenoxy) is 1. The number of morpholine rings is 1. The molecule has 4 rings (SSSR count). The number of hydrogen-bond donors (Lipinski definition) is 1. The SMILES string of the molecule is O=Cc1cc(C(=O)N2CCO[C@@H](c3ccc(N4CCCC4)cc3)C2)cc(F)c1O. The molecule has 7 heteroatoms. The highest BCUT2D eigenvalue weighted by molar-refractivity contribution is 5.96. The highest BCUT2D eigenvalue weighted by atomic mass is 19.1. The molecule has 6 nitrogen and oxygen atoms in total. The minimum absolute atomic E-state index is 0.0347. The van der Waals surface area contributed by atoms with Crippen molar-refractivity contribution in [2.45, 2.75) is 18.9 Å². The lowest BCUT2D eigenvalue weighted by Crippen LogP contribution is -2.42. The molecule has 2 aliphatic heterocycles. The first kappa shape index (κ1) is 19.4. The highest BCUT2D eigenvalue weighted by Crippen LogP contribution is 2.28. The van der Waals surface area contributed by atoms with Crippen LogP contribution in [0, 0.1) is 5.82 Å². The lowest BCUT2D eigenvalue weighted by Gasteiger charge is -2.33. The average molecular weight is 398 g/mol. The van der Waals surface area contributed by atoms with Gasteiger partial charge < -0.3 is 19.6 Å². The monoisotopic (exact) mass is 398 g/mol. The third-order valence-corrected chi connectivity index (χ3v) is 5.56. The molecule has 2 heterocycles. The zero-order valence-electron chi connectivity index (χ0n) is 16.0. The minimum atomic E-state index is -0.986. The third kappa shape index (κ3) is 3.96. The number of aromatic hydroxyl groups is 1. The molecule has 0 aromatic heterocycles. The molecule has 29 heavy (non-hydrogen) atoms. The van der Waals surface area contributed by atoms with Crippen molar-refractivity contribution in [1.29, 1.82) is 0 Å². The van der Waals surface area contributed by atoms with Gasteiger partial charge in [-0.15, -0.1) is 0 Å². The summed E-state index contributed by atoms with van der Waals surface area (Å²) in [6, 6.07) is 10.4. The van der Waals surface area contributed by atoms with Crippen molar-refractivity contribution in [2.24, 2.45) is 0 Å². The second-order valence-corrected chi connectivity index (χ2v) is 7.41. The van der Waals surface area contributed by atoms with E-state index >= 15 is 0 Å². The zero-order chi connectivity index (χ0) is 20.4. The van der Waals surface area contributed by atoms with Crippen LogP contribution in [-0.4, -0.2) is 55.0 Å². The molecule has 0 bridgehead atoms. The molecule has 152 valence electrons. The topological polar surface area (TPSA) is 70.1 Å². The van der Waals surface area contributed by atoms with Crippen molar-refractivity contribution >= 4 is 17.9 Å². The summed E-state index contributed by atoms with van der Waals surface area (Å²) in [4.78, 5) is 27.8. The Kier molecular flexibility index (Phi) is 5.49. The van der Waals surface area contributed by atoms with Gasteiger partial charge in [0.05, 0.1) is 18.7 Å². The zero-order valence-corrected chi connectivity index (χ0v) is 16.0. The van der Waals surface area contributed by atoms with Gasteiger partial charge in [0.25, 0.3) is 5.91 Å². The summed E-state index contributed by atoms with van der Waals surface area (Å²) in [7, 11) is 0. The van der Waals surface area contributed by atoms with E-state index in [1.165, 1.54) is 24.6 Å². The van der Waals surface area contributed by atoms with Crippen LogP contribution >= 0.6 is 0 Å². The molecular weight excluding hydrogens is 375 g/mol. The van der Waals surface area contributed by atoms with E-state index in [-0.39, 0.29) is 17.2 Å². The summed E-state index contributed by atoms with van der Waals surface area (Å²) in [6.45, 7) is 3.23. The fraction of sp³-hybridized carbons (Fsp3) is 0.364. The summed E-state index contributed by atoms with van der Waals surface area (Å²) in [5.41, 5.74) is 1.97. The fourth-order valence-corrected chi connectivity index (χ4v) is 3.93. The number of rotatable bonds is 4. The number of nitrogens with zero attached hydrogens (tertiary/aromatic N) is 2. The van der Waals surface area contributed by atoms with Crippen LogP contribution in [0.1, 0.15) is 45.2 Å². The van der Waals surface area contributed by atoms with Crippen LogP contribution in [0.5, 0.6) is 5.75 Å². The predicted molar refractivity (Wildman–Crippen MR) is 106 cm³/mol. The number of aldehydes is 1. The molecule has 0 spiro atoms. The minimum Gasteiger partial charge on any atom is -0.504 e. The molecule has 0 aliphatic carbocycles. The first-order valence-electron chi connectivity index (χ1n) is 9.80. The van der Waals surface area contributed by atoms with E-state index < -0.39 is 17.5 Å². The largest absolute Gasteiger partial charge is 0.504 e. The Hall–Kier alpha value is -2.93. The molecule has 2 aliphatic rings. The normalized spacial score (nSPS) is 19.4. The van der Waals surface area contributed by atoms with Gasteiger partial charge >= 0.3 is 0 Å². The molecule has 0 unspecified atom stereocenters. The summed E-state index contributed by atoms with van der Waals surface area (Å²) in [5.74, 6) is -2.12. The number of phenols is 1. The van der Waals surface area contributed by atoms with E-state index in [0.29, 0.717) is 26.0 Å². The maximum atomic E-state index is 13.9. The number of carbonyl (C=O) groups excluding carboxylic acids is 2. The molecular formula is C22H23FN2O4. The third-order valence-electron chi connectivity index (χ3n) is 5.56. The lowest BCUT2D eigenvalue weighted by molar-refractivity contribution is -0.0228. The number of benzene rings is 2. The van der Waals surface area contributed by atoms with E-state index in [0.717, 1.165) is 24.7 Å². The van der Waals surface area contributed by atoms with E-state index in [1.54, 1.807) is 4.90 Å². The van der Waals surface area contributed by atoms with Crippen molar-refractivity contribution in [2.75, 3.05) is 37.7 Å². The van der Waals surface area contributed by atoms with E-state index in [4.69, 9.17) is 4.74 Å². The number of carbonyl (C=O) groups is 2. The predicted octanol–water partition coefficient (Wildman–Crippen LogP) is 3.16.